The first-order valence-corrected chi connectivity index (χ1v) is 7.25. The van der Waals surface area contributed by atoms with Crippen LogP contribution in [0.1, 0.15) is 19.4 Å². The van der Waals surface area contributed by atoms with Crippen molar-refractivity contribution in [2.45, 2.75) is 44.6 Å². The van der Waals surface area contributed by atoms with E-state index in [4.69, 9.17) is 14.2 Å². The summed E-state index contributed by atoms with van der Waals surface area (Å²) in [5, 5.41) is 0. The molecule has 120 valence electrons. The van der Waals surface area contributed by atoms with Crippen LogP contribution < -0.4 is 0 Å². The summed E-state index contributed by atoms with van der Waals surface area (Å²) in [6, 6.07) is 9.71. The molecule has 0 aliphatic carbocycles. The quantitative estimate of drug-likeness (QED) is 0.574. The molecule has 0 radical (unpaired) electrons. The van der Waals surface area contributed by atoms with Crippen LogP contribution in [0.4, 0.5) is 4.39 Å². The average molecular weight is 308 g/mol. The molecule has 0 aromatic heterocycles. The average Bonchev–Trinajstić information content (AvgIpc) is 2.81. The van der Waals surface area contributed by atoms with E-state index in [1.54, 1.807) is 13.8 Å². The molecular formula is C17H21FO4. The maximum absolute atomic E-state index is 14.1. The summed E-state index contributed by atoms with van der Waals surface area (Å²) in [5.41, 5.74) is 1.04. The van der Waals surface area contributed by atoms with Gasteiger partial charge in [0.1, 0.15) is 24.7 Å². The van der Waals surface area contributed by atoms with Gasteiger partial charge in [-0.05, 0) is 31.6 Å². The molecule has 1 aromatic carbocycles. The zero-order valence-corrected chi connectivity index (χ0v) is 12.8. The Balaban J connectivity index is 1.91. The molecule has 1 aliphatic heterocycles. The number of carbonyl (C=O) groups excluding carboxylic acids is 1. The first-order valence-electron chi connectivity index (χ1n) is 7.25. The Morgan fingerprint density at radius 1 is 1.32 bits per heavy atom. The van der Waals surface area contributed by atoms with Gasteiger partial charge in [0, 0.05) is 0 Å². The van der Waals surface area contributed by atoms with E-state index in [1.165, 1.54) is 6.08 Å². The molecule has 5 heteroatoms. The summed E-state index contributed by atoms with van der Waals surface area (Å²) in [7, 11) is 0. The molecule has 0 N–H and O–H groups in total. The number of allylic oxidation sites excluding steroid dienone is 1. The highest BCUT2D eigenvalue weighted by Crippen LogP contribution is 2.31. The largest absolute Gasteiger partial charge is 0.374 e. The number of benzene rings is 1. The third-order valence-corrected chi connectivity index (χ3v) is 3.30. The lowest BCUT2D eigenvalue weighted by atomic mass is 10.1. The van der Waals surface area contributed by atoms with Gasteiger partial charge in [-0.1, -0.05) is 30.3 Å². The van der Waals surface area contributed by atoms with Gasteiger partial charge in [-0.15, -0.1) is 0 Å². The third-order valence-electron chi connectivity index (χ3n) is 3.30. The van der Waals surface area contributed by atoms with Crippen molar-refractivity contribution >= 4 is 6.29 Å². The molecule has 3 atom stereocenters. The van der Waals surface area contributed by atoms with Gasteiger partial charge in [0.15, 0.2) is 5.79 Å². The van der Waals surface area contributed by atoms with Crippen molar-refractivity contribution in [2.75, 3.05) is 6.61 Å². The molecule has 0 saturated carbocycles. The minimum Gasteiger partial charge on any atom is -0.374 e. The summed E-state index contributed by atoms with van der Waals surface area (Å²) in [6.45, 7) is 4.11. The maximum Gasteiger partial charge on any atom is 0.164 e. The molecule has 1 aromatic rings. The number of carbonyl (C=O) groups is 1. The number of halogens is 1. The number of hydrogen-bond donors (Lipinski definition) is 0. The molecule has 2 rings (SSSR count). The lowest BCUT2D eigenvalue weighted by Crippen LogP contribution is -2.34. The molecule has 1 aliphatic rings. The summed E-state index contributed by atoms with van der Waals surface area (Å²) >= 11 is 0. The van der Waals surface area contributed by atoms with Crippen LogP contribution in [0.25, 0.3) is 0 Å². The summed E-state index contributed by atoms with van der Waals surface area (Å²) in [5.74, 6) is -0.870. The highest BCUT2D eigenvalue weighted by Gasteiger charge is 2.44. The Morgan fingerprint density at radius 2 is 2.05 bits per heavy atom. The number of aldehydes is 1. The predicted octanol–water partition coefficient (Wildman–Crippen LogP) is 2.82. The van der Waals surface area contributed by atoms with Crippen LogP contribution in [-0.4, -0.2) is 37.1 Å². The van der Waals surface area contributed by atoms with Crippen LogP contribution in [0.5, 0.6) is 0 Å². The van der Waals surface area contributed by atoms with Gasteiger partial charge in [-0.3, -0.25) is 4.79 Å². The normalized spacial score (nSPS) is 25.4. The fourth-order valence-electron chi connectivity index (χ4n) is 2.39. The fourth-order valence-corrected chi connectivity index (χ4v) is 2.39. The molecule has 4 nitrogen and oxygen atoms in total. The van der Waals surface area contributed by atoms with Crippen LogP contribution in [0, 0.1) is 0 Å². The lowest BCUT2D eigenvalue weighted by molar-refractivity contribution is -0.153. The second kappa shape index (κ2) is 7.63. The van der Waals surface area contributed by atoms with E-state index in [9.17, 15) is 9.18 Å². The smallest absolute Gasteiger partial charge is 0.164 e. The van der Waals surface area contributed by atoms with Crippen LogP contribution in [-0.2, 0) is 25.6 Å². The third kappa shape index (κ3) is 4.73. The second-order valence-corrected chi connectivity index (χ2v) is 5.60. The number of hydrogen-bond acceptors (Lipinski definition) is 4. The molecule has 1 heterocycles. The second-order valence-electron chi connectivity index (χ2n) is 5.60. The van der Waals surface area contributed by atoms with E-state index in [0.29, 0.717) is 12.9 Å². The maximum atomic E-state index is 14.1. The van der Waals surface area contributed by atoms with E-state index < -0.39 is 24.2 Å². The molecule has 0 spiro atoms. The van der Waals surface area contributed by atoms with Crippen molar-refractivity contribution < 1.29 is 23.4 Å². The van der Waals surface area contributed by atoms with E-state index in [-0.39, 0.29) is 6.61 Å². The van der Waals surface area contributed by atoms with Gasteiger partial charge in [-0.2, -0.15) is 0 Å². The molecule has 0 unspecified atom stereocenters. The summed E-state index contributed by atoms with van der Waals surface area (Å²) in [6.07, 6.45) is 0.103. The van der Waals surface area contributed by atoms with Gasteiger partial charge in [0.05, 0.1) is 13.2 Å². The Labute approximate surface area is 129 Å². The van der Waals surface area contributed by atoms with Crippen molar-refractivity contribution in [3.8, 4) is 0 Å². The van der Waals surface area contributed by atoms with Crippen LogP contribution in [0.3, 0.4) is 0 Å². The number of alkyl halides is 1. The molecule has 22 heavy (non-hydrogen) atoms. The van der Waals surface area contributed by atoms with Crippen molar-refractivity contribution in [3.05, 3.63) is 48.0 Å². The first-order chi connectivity index (χ1) is 10.5. The summed E-state index contributed by atoms with van der Waals surface area (Å²) in [4.78, 5) is 10.3. The Hall–Kier alpha value is -1.56. The fraction of sp³-hybridized carbons (Fsp3) is 0.471. The van der Waals surface area contributed by atoms with Crippen LogP contribution in [0.15, 0.2) is 42.5 Å². The SMILES string of the molecule is CC1(C)O[C@@H]([C@@H](F)/C=C\C=O)[C@H](COCc2ccccc2)O1. The minimum absolute atomic E-state index is 0.221. The Bertz CT molecular complexity index is 501. The lowest BCUT2D eigenvalue weighted by Gasteiger charge is -2.18. The molecular weight excluding hydrogens is 287 g/mol. The highest BCUT2D eigenvalue weighted by molar-refractivity contribution is 5.64. The zero-order chi connectivity index (χ0) is 16.0. The standard InChI is InChI=1S/C17H21FO4/c1-17(2)21-15(16(22-17)14(18)9-6-10-19)12-20-11-13-7-4-3-5-8-13/h3-10,14-16H,11-12H2,1-2H3/b9-6-/t14-,15-,16-/m0/s1. The molecule has 0 bridgehead atoms. The van der Waals surface area contributed by atoms with Gasteiger partial charge < -0.3 is 14.2 Å². The summed E-state index contributed by atoms with van der Waals surface area (Å²) < 4.78 is 31.0. The Kier molecular flexibility index (Phi) is 5.83. The van der Waals surface area contributed by atoms with Crippen molar-refractivity contribution in [3.63, 3.8) is 0 Å². The van der Waals surface area contributed by atoms with E-state index >= 15 is 0 Å². The van der Waals surface area contributed by atoms with E-state index in [0.717, 1.165) is 11.6 Å². The topological polar surface area (TPSA) is 44.8 Å². The van der Waals surface area contributed by atoms with Gasteiger partial charge in [0.25, 0.3) is 0 Å². The van der Waals surface area contributed by atoms with Crippen molar-refractivity contribution in [1.29, 1.82) is 0 Å². The predicted molar refractivity (Wildman–Crippen MR) is 80.0 cm³/mol. The van der Waals surface area contributed by atoms with E-state index in [2.05, 4.69) is 0 Å². The van der Waals surface area contributed by atoms with Crippen LogP contribution in [0.2, 0.25) is 0 Å². The molecule has 1 saturated heterocycles. The molecule has 0 amide bonds. The molecule has 1 fully saturated rings. The van der Waals surface area contributed by atoms with Gasteiger partial charge >= 0.3 is 0 Å². The van der Waals surface area contributed by atoms with Crippen molar-refractivity contribution in [2.24, 2.45) is 0 Å². The first kappa shape index (κ1) is 16.8. The Morgan fingerprint density at radius 3 is 2.73 bits per heavy atom. The minimum atomic E-state index is -1.42. The monoisotopic (exact) mass is 308 g/mol. The highest BCUT2D eigenvalue weighted by atomic mass is 19.1. The van der Waals surface area contributed by atoms with Crippen molar-refractivity contribution in [1.82, 2.24) is 0 Å². The van der Waals surface area contributed by atoms with Gasteiger partial charge in [-0.25, -0.2) is 4.39 Å². The van der Waals surface area contributed by atoms with Gasteiger partial charge in [0.2, 0.25) is 0 Å². The number of ether oxygens (including phenoxy) is 3. The van der Waals surface area contributed by atoms with Crippen LogP contribution >= 0.6 is 0 Å². The van der Waals surface area contributed by atoms with E-state index in [1.807, 2.05) is 30.3 Å². The zero-order valence-electron chi connectivity index (χ0n) is 12.8. The number of rotatable bonds is 7.